The summed E-state index contributed by atoms with van der Waals surface area (Å²) < 4.78 is 5.78. The van der Waals surface area contributed by atoms with Gasteiger partial charge in [0, 0.05) is 6.54 Å². The van der Waals surface area contributed by atoms with Crippen molar-refractivity contribution in [2.75, 3.05) is 32.8 Å². The van der Waals surface area contributed by atoms with Crippen LogP contribution in [0.25, 0.3) is 0 Å². The predicted octanol–water partition coefficient (Wildman–Crippen LogP) is 2.27. The molecule has 0 bridgehead atoms. The van der Waals surface area contributed by atoms with E-state index >= 15 is 0 Å². The minimum absolute atomic E-state index is 0.744. The van der Waals surface area contributed by atoms with Crippen molar-refractivity contribution in [3.63, 3.8) is 0 Å². The van der Waals surface area contributed by atoms with Crippen molar-refractivity contribution in [2.45, 2.75) is 26.7 Å². The van der Waals surface area contributed by atoms with Gasteiger partial charge in [-0.2, -0.15) is 0 Å². The zero-order chi connectivity index (χ0) is 13.5. The fourth-order valence-electron chi connectivity index (χ4n) is 2.65. The summed E-state index contributed by atoms with van der Waals surface area (Å²) in [5.74, 6) is 1.82. The number of piperidine rings is 1. The summed E-state index contributed by atoms with van der Waals surface area (Å²) in [6.07, 6.45) is 2.59. The number of benzene rings is 1. The molecule has 0 atom stereocenters. The maximum absolute atomic E-state index is 5.78. The third kappa shape index (κ3) is 5.21. The summed E-state index contributed by atoms with van der Waals surface area (Å²) in [4.78, 5) is 0. The first-order valence-electron chi connectivity index (χ1n) is 7.36. The zero-order valence-corrected chi connectivity index (χ0v) is 12.2. The Morgan fingerprint density at radius 1 is 1.16 bits per heavy atom. The summed E-state index contributed by atoms with van der Waals surface area (Å²) in [6.45, 7) is 9.35. The lowest BCUT2D eigenvalue weighted by molar-refractivity contribution is 0.298. The molecule has 1 aliphatic rings. The highest BCUT2D eigenvalue weighted by Gasteiger charge is 2.11. The van der Waals surface area contributed by atoms with E-state index in [2.05, 4.69) is 42.7 Å². The molecule has 2 N–H and O–H groups in total. The van der Waals surface area contributed by atoms with Crippen molar-refractivity contribution in [3.8, 4) is 5.75 Å². The van der Waals surface area contributed by atoms with Gasteiger partial charge in [-0.05, 0) is 75.5 Å². The van der Waals surface area contributed by atoms with E-state index in [1.807, 2.05) is 0 Å². The van der Waals surface area contributed by atoms with Gasteiger partial charge in [0.2, 0.25) is 0 Å². The molecule has 0 aromatic heterocycles. The Balaban J connectivity index is 1.60. The minimum atomic E-state index is 0.744. The quantitative estimate of drug-likeness (QED) is 0.772. The van der Waals surface area contributed by atoms with Crippen LogP contribution in [0.1, 0.15) is 24.0 Å². The first-order valence-corrected chi connectivity index (χ1v) is 7.36. The Kier molecular flexibility index (Phi) is 5.67. The van der Waals surface area contributed by atoms with Gasteiger partial charge in [-0.3, -0.25) is 0 Å². The van der Waals surface area contributed by atoms with Gasteiger partial charge >= 0.3 is 0 Å². The molecule has 0 amide bonds. The Labute approximate surface area is 116 Å². The zero-order valence-electron chi connectivity index (χ0n) is 12.2. The molecule has 0 unspecified atom stereocenters. The normalized spacial score (nSPS) is 16.5. The van der Waals surface area contributed by atoms with Gasteiger partial charge in [0.1, 0.15) is 12.4 Å². The fourth-order valence-corrected chi connectivity index (χ4v) is 2.65. The maximum Gasteiger partial charge on any atom is 0.119 e. The monoisotopic (exact) mass is 262 g/mol. The third-order valence-electron chi connectivity index (χ3n) is 3.63. The topological polar surface area (TPSA) is 33.3 Å². The molecule has 1 aromatic rings. The van der Waals surface area contributed by atoms with E-state index in [-0.39, 0.29) is 0 Å². The summed E-state index contributed by atoms with van der Waals surface area (Å²) in [6, 6.07) is 6.36. The lowest BCUT2D eigenvalue weighted by atomic mass is 9.98. The van der Waals surface area contributed by atoms with Crippen LogP contribution in [-0.4, -0.2) is 32.8 Å². The number of hydrogen-bond acceptors (Lipinski definition) is 3. The van der Waals surface area contributed by atoms with Crippen LogP contribution in [0.3, 0.4) is 0 Å². The summed E-state index contributed by atoms with van der Waals surface area (Å²) in [5.41, 5.74) is 2.52. The van der Waals surface area contributed by atoms with Crippen LogP contribution in [0.2, 0.25) is 0 Å². The first-order chi connectivity index (χ1) is 9.24. The summed E-state index contributed by atoms with van der Waals surface area (Å²) in [5, 5.41) is 6.90. The second-order valence-electron chi connectivity index (χ2n) is 5.57. The van der Waals surface area contributed by atoms with E-state index < -0.39 is 0 Å². The van der Waals surface area contributed by atoms with Crippen molar-refractivity contribution >= 4 is 0 Å². The molecule has 1 aliphatic heterocycles. The van der Waals surface area contributed by atoms with Crippen molar-refractivity contribution in [1.82, 2.24) is 10.6 Å². The molecule has 3 nitrogen and oxygen atoms in total. The van der Waals surface area contributed by atoms with E-state index in [0.717, 1.165) is 31.4 Å². The van der Waals surface area contributed by atoms with Crippen LogP contribution in [0.4, 0.5) is 0 Å². The molecule has 0 aliphatic carbocycles. The molecular weight excluding hydrogens is 236 g/mol. The van der Waals surface area contributed by atoms with Crippen LogP contribution in [-0.2, 0) is 0 Å². The highest BCUT2D eigenvalue weighted by atomic mass is 16.5. The van der Waals surface area contributed by atoms with Gasteiger partial charge in [0.15, 0.2) is 0 Å². The third-order valence-corrected chi connectivity index (χ3v) is 3.63. The van der Waals surface area contributed by atoms with E-state index in [9.17, 15) is 0 Å². The number of aryl methyl sites for hydroxylation is 2. The summed E-state index contributed by atoms with van der Waals surface area (Å²) >= 11 is 0. The molecule has 3 heteroatoms. The molecule has 19 heavy (non-hydrogen) atoms. The number of rotatable bonds is 6. The van der Waals surface area contributed by atoms with E-state index in [0.29, 0.717) is 0 Å². The highest BCUT2D eigenvalue weighted by Crippen LogP contribution is 2.15. The lowest BCUT2D eigenvalue weighted by Gasteiger charge is -2.22. The van der Waals surface area contributed by atoms with Gasteiger partial charge in [-0.1, -0.05) is 6.07 Å². The fraction of sp³-hybridized carbons (Fsp3) is 0.625. The van der Waals surface area contributed by atoms with Crippen molar-refractivity contribution in [3.05, 3.63) is 29.3 Å². The average molecular weight is 262 g/mol. The van der Waals surface area contributed by atoms with Gasteiger partial charge in [0.05, 0.1) is 0 Å². The van der Waals surface area contributed by atoms with Gasteiger partial charge in [0.25, 0.3) is 0 Å². The molecule has 1 saturated heterocycles. The SMILES string of the molecule is Cc1cc(C)cc(OCCNCC2CCNCC2)c1. The largest absolute Gasteiger partial charge is 0.492 e. The Morgan fingerprint density at radius 3 is 2.53 bits per heavy atom. The number of hydrogen-bond donors (Lipinski definition) is 2. The molecule has 0 radical (unpaired) electrons. The molecule has 106 valence electrons. The van der Waals surface area contributed by atoms with Crippen LogP contribution < -0.4 is 15.4 Å². The number of nitrogens with one attached hydrogen (secondary N) is 2. The molecule has 2 rings (SSSR count). The molecule has 1 aromatic carbocycles. The molecule has 0 saturated carbocycles. The molecule has 0 spiro atoms. The Bertz CT molecular complexity index is 366. The van der Waals surface area contributed by atoms with E-state index in [4.69, 9.17) is 4.74 Å². The highest BCUT2D eigenvalue weighted by molar-refractivity contribution is 5.32. The van der Waals surface area contributed by atoms with Crippen LogP contribution >= 0.6 is 0 Å². The smallest absolute Gasteiger partial charge is 0.119 e. The first kappa shape index (κ1) is 14.4. The molecule has 1 heterocycles. The van der Waals surface area contributed by atoms with Gasteiger partial charge < -0.3 is 15.4 Å². The minimum Gasteiger partial charge on any atom is -0.492 e. The van der Waals surface area contributed by atoms with E-state index in [1.165, 1.54) is 37.1 Å². The van der Waals surface area contributed by atoms with Crippen LogP contribution in [0.5, 0.6) is 5.75 Å². The maximum atomic E-state index is 5.78. The van der Waals surface area contributed by atoms with Crippen LogP contribution in [0, 0.1) is 19.8 Å². The van der Waals surface area contributed by atoms with Crippen molar-refractivity contribution in [2.24, 2.45) is 5.92 Å². The predicted molar refractivity (Wildman–Crippen MR) is 79.9 cm³/mol. The summed E-state index contributed by atoms with van der Waals surface area (Å²) in [7, 11) is 0. The Morgan fingerprint density at radius 2 is 1.84 bits per heavy atom. The van der Waals surface area contributed by atoms with E-state index in [1.54, 1.807) is 0 Å². The number of ether oxygens (including phenoxy) is 1. The van der Waals surface area contributed by atoms with Gasteiger partial charge in [-0.15, -0.1) is 0 Å². The molecule has 1 fully saturated rings. The second-order valence-corrected chi connectivity index (χ2v) is 5.57. The Hall–Kier alpha value is -1.06. The van der Waals surface area contributed by atoms with Gasteiger partial charge in [-0.25, -0.2) is 0 Å². The average Bonchev–Trinajstić information content (AvgIpc) is 2.38. The van der Waals surface area contributed by atoms with Crippen molar-refractivity contribution in [1.29, 1.82) is 0 Å². The molecular formula is C16H26N2O. The standard InChI is InChI=1S/C16H26N2O/c1-13-9-14(2)11-16(10-13)19-8-7-18-12-15-3-5-17-6-4-15/h9-11,15,17-18H,3-8,12H2,1-2H3. The lowest BCUT2D eigenvalue weighted by Crippen LogP contribution is -2.34. The van der Waals surface area contributed by atoms with Crippen LogP contribution in [0.15, 0.2) is 18.2 Å². The van der Waals surface area contributed by atoms with Crippen molar-refractivity contribution < 1.29 is 4.74 Å². The second kappa shape index (κ2) is 7.51.